The molecular weight excluding hydrogens is 340 g/mol. The summed E-state index contributed by atoms with van der Waals surface area (Å²) in [4.78, 5) is 29.0. The molecule has 3 aromatic heterocycles. The number of H-pyrrole nitrogens is 2. The number of aromatic nitrogens is 4. The molecule has 0 bridgehead atoms. The van der Waals surface area contributed by atoms with Crippen molar-refractivity contribution in [2.24, 2.45) is 0 Å². The van der Waals surface area contributed by atoms with E-state index in [0.29, 0.717) is 12.2 Å². The summed E-state index contributed by atoms with van der Waals surface area (Å²) in [6, 6.07) is 15.3. The van der Waals surface area contributed by atoms with E-state index in [0.717, 1.165) is 27.9 Å². The van der Waals surface area contributed by atoms with Crippen LogP contribution in [0.2, 0.25) is 0 Å². The summed E-state index contributed by atoms with van der Waals surface area (Å²) in [5.41, 5.74) is 3.66. The van der Waals surface area contributed by atoms with Crippen LogP contribution in [0.15, 0.2) is 61.2 Å². The molecule has 0 aliphatic rings. The average molecular weight is 360 g/mol. The fourth-order valence-electron chi connectivity index (χ4n) is 3.02. The van der Waals surface area contributed by atoms with Gasteiger partial charge in [-0.3, -0.25) is 4.79 Å². The highest BCUT2D eigenvalue weighted by Gasteiger charge is 2.19. The Morgan fingerprint density at radius 2 is 2.04 bits per heavy atom. The first-order chi connectivity index (χ1) is 13.3. The first-order valence-corrected chi connectivity index (χ1v) is 8.43. The number of fused-ring (bicyclic) bond motifs is 1. The Bertz CT molecular complexity index is 1130. The molecule has 1 aromatic carbocycles. The molecule has 0 saturated carbocycles. The standard InChI is InChI=1S/C20H16N6O.2H2/c21-7-9-26(12-14-4-2-1-3-5-14)20(27)17-10-15(11-23-17)18-16-6-8-22-19(16)25-13-24-18;;/h1-6,8,10-11,13,23H,9,12H2,(H,22,24,25);2*1H. The van der Waals surface area contributed by atoms with Crippen molar-refractivity contribution in [1.82, 2.24) is 24.8 Å². The number of carbonyl (C=O) groups is 1. The van der Waals surface area contributed by atoms with Gasteiger partial charge in [-0.2, -0.15) is 5.26 Å². The zero-order valence-corrected chi connectivity index (χ0v) is 14.4. The van der Waals surface area contributed by atoms with Gasteiger partial charge < -0.3 is 14.9 Å². The number of aromatic amines is 2. The van der Waals surface area contributed by atoms with Crippen LogP contribution in [0.5, 0.6) is 0 Å². The molecule has 0 aliphatic heterocycles. The first kappa shape index (κ1) is 16.5. The molecule has 0 fully saturated rings. The van der Waals surface area contributed by atoms with Crippen molar-refractivity contribution in [2.75, 3.05) is 6.54 Å². The fourth-order valence-corrected chi connectivity index (χ4v) is 3.02. The summed E-state index contributed by atoms with van der Waals surface area (Å²) < 4.78 is 0. The monoisotopic (exact) mass is 360 g/mol. The predicted octanol–water partition coefficient (Wildman–Crippen LogP) is 3.61. The van der Waals surface area contributed by atoms with Crippen LogP contribution in [-0.4, -0.2) is 37.3 Å². The number of hydrogen-bond acceptors (Lipinski definition) is 4. The van der Waals surface area contributed by atoms with E-state index in [4.69, 9.17) is 5.26 Å². The Balaban J connectivity index is 0.00000150. The van der Waals surface area contributed by atoms with E-state index < -0.39 is 0 Å². The van der Waals surface area contributed by atoms with Gasteiger partial charge in [0.1, 0.15) is 24.2 Å². The van der Waals surface area contributed by atoms with E-state index in [9.17, 15) is 4.79 Å². The third-order valence-electron chi connectivity index (χ3n) is 4.31. The van der Waals surface area contributed by atoms with Crippen molar-refractivity contribution in [2.45, 2.75) is 6.54 Å². The summed E-state index contributed by atoms with van der Waals surface area (Å²) in [7, 11) is 0. The molecule has 136 valence electrons. The van der Waals surface area contributed by atoms with Gasteiger partial charge in [0, 0.05) is 32.7 Å². The minimum Gasteiger partial charge on any atom is -0.357 e. The Hall–Kier alpha value is -3.92. The number of rotatable bonds is 5. The number of nitrogens with one attached hydrogen (secondary N) is 2. The van der Waals surface area contributed by atoms with Gasteiger partial charge in [-0.1, -0.05) is 30.3 Å². The molecule has 2 N–H and O–H groups in total. The first-order valence-electron chi connectivity index (χ1n) is 8.43. The van der Waals surface area contributed by atoms with Gasteiger partial charge in [0.15, 0.2) is 0 Å². The van der Waals surface area contributed by atoms with Crippen LogP contribution in [0, 0.1) is 11.3 Å². The molecule has 4 aromatic rings. The van der Waals surface area contributed by atoms with E-state index >= 15 is 0 Å². The topological polar surface area (TPSA) is 101 Å². The van der Waals surface area contributed by atoms with Gasteiger partial charge in [-0.05, 0) is 17.7 Å². The van der Waals surface area contributed by atoms with Gasteiger partial charge in [0.2, 0.25) is 0 Å². The second kappa shape index (κ2) is 7.14. The zero-order valence-electron chi connectivity index (χ0n) is 14.4. The van der Waals surface area contributed by atoms with E-state index in [1.54, 1.807) is 18.5 Å². The number of hydrogen-bond donors (Lipinski definition) is 2. The van der Waals surface area contributed by atoms with Gasteiger partial charge in [0.25, 0.3) is 5.91 Å². The summed E-state index contributed by atoms with van der Waals surface area (Å²) in [6.07, 6.45) is 5.03. The molecule has 27 heavy (non-hydrogen) atoms. The smallest absolute Gasteiger partial charge is 0.271 e. The van der Waals surface area contributed by atoms with Crippen LogP contribution in [0.1, 0.15) is 18.9 Å². The minimum atomic E-state index is -0.231. The van der Waals surface area contributed by atoms with Crippen LogP contribution < -0.4 is 0 Å². The molecule has 0 saturated heterocycles. The summed E-state index contributed by atoms with van der Waals surface area (Å²) in [5.74, 6) is -0.231. The molecule has 4 rings (SSSR count). The molecule has 0 radical (unpaired) electrons. The quantitative estimate of drug-likeness (QED) is 0.531. The fraction of sp³-hybridized carbons (Fsp3) is 0.100. The number of nitrogens with zero attached hydrogens (tertiary/aromatic N) is 4. The Morgan fingerprint density at radius 3 is 2.85 bits per heavy atom. The Labute approximate surface area is 158 Å². The molecule has 7 heteroatoms. The lowest BCUT2D eigenvalue weighted by molar-refractivity contribution is 0.0760. The number of carbonyl (C=O) groups excluding carboxylic acids is 1. The SMILES string of the molecule is N#CCN(Cc1ccccc1)C(=O)c1cc(-c2ncnc3[nH]ccc23)c[nH]1.[HH].[HH]. The molecule has 0 aliphatic carbocycles. The second-order valence-electron chi connectivity index (χ2n) is 6.07. The minimum absolute atomic E-state index is 0. The van der Waals surface area contributed by atoms with Crippen molar-refractivity contribution < 1.29 is 7.65 Å². The van der Waals surface area contributed by atoms with E-state index in [1.807, 2.05) is 36.4 Å². The maximum atomic E-state index is 12.9. The van der Waals surface area contributed by atoms with Crippen LogP contribution in [0.4, 0.5) is 0 Å². The molecule has 0 spiro atoms. The normalized spacial score (nSPS) is 10.6. The lowest BCUT2D eigenvalue weighted by Crippen LogP contribution is -2.31. The highest BCUT2D eigenvalue weighted by atomic mass is 16.2. The molecule has 1 amide bonds. The van der Waals surface area contributed by atoms with Crippen molar-refractivity contribution in [3.63, 3.8) is 0 Å². The van der Waals surface area contributed by atoms with Crippen LogP contribution in [-0.2, 0) is 6.54 Å². The van der Waals surface area contributed by atoms with Gasteiger partial charge >= 0.3 is 0 Å². The molecule has 3 heterocycles. The average Bonchev–Trinajstić information content (AvgIpc) is 3.37. The van der Waals surface area contributed by atoms with Crippen molar-refractivity contribution >= 4 is 16.9 Å². The van der Waals surface area contributed by atoms with E-state index in [1.165, 1.54) is 11.2 Å². The number of nitriles is 1. The summed E-state index contributed by atoms with van der Waals surface area (Å²) in [5, 5.41) is 10.00. The number of benzene rings is 1. The molecular formula is C20H20N6O. The summed E-state index contributed by atoms with van der Waals surface area (Å²) >= 11 is 0. The third-order valence-corrected chi connectivity index (χ3v) is 4.31. The van der Waals surface area contributed by atoms with Crippen LogP contribution >= 0.6 is 0 Å². The largest absolute Gasteiger partial charge is 0.357 e. The van der Waals surface area contributed by atoms with Crippen LogP contribution in [0.25, 0.3) is 22.3 Å². The molecule has 0 unspecified atom stereocenters. The van der Waals surface area contributed by atoms with Gasteiger partial charge in [0.05, 0.1) is 11.8 Å². The molecule has 0 atom stereocenters. The maximum absolute atomic E-state index is 12.9. The maximum Gasteiger partial charge on any atom is 0.271 e. The highest BCUT2D eigenvalue weighted by Crippen LogP contribution is 2.25. The van der Waals surface area contributed by atoms with Gasteiger partial charge in [-0.15, -0.1) is 0 Å². The van der Waals surface area contributed by atoms with E-state index in [2.05, 4.69) is 26.0 Å². The summed E-state index contributed by atoms with van der Waals surface area (Å²) in [6.45, 7) is 0.384. The van der Waals surface area contributed by atoms with Crippen LogP contribution in [0.3, 0.4) is 0 Å². The third kappa shape index (κ3) is 3.28. The second-order valence-corrected chi connectivity index (χ2v) is 6.07. The van der Waals surface area contributed by atoms with Crippen molar-refractivity contribution in [3.8, 4) is 17.3 Å². The van der Waals surface area contributed by atoms with Crippen molar-refractivity contribution in [3.05, 3.63) is 72.4 Å². The lowest BCUT2D eigenvalue weighted by Gasteiger charge is -2.18. The predicted molar refractivity (Wildman–Crippen MR) is 105 cm³/mol. The Kier molecular flexibility index (Phi) is 4.37. The lowest BCUT2D eigenvalue weighted by atomic mass is 10.1. The number of amides is 1. The van der Waals surface area contributed by atoms with E-state index in [-0.39, 0.29) is 15.3 Å². The van der Waals surface area contributed by atoms with Crippen molar-refractivity contribution in [1.29, 1.82) is 5.26 Å². The Morgan fingerprint density at radius 1 is 1.19 bits per heavy atom. The molecule has 7 nitrogen and oxygen atoms in total. The highest BCUT2D eigenvalue weighted by molar-refractivity contribution is 5.96. The zero-order chi connectivity index (χ0) is 18.6. The van der Waals surface area contributed by atoms with Gasteiger partial charge in [-0.25, -0.2) is 9.97 Å².